The molecule has 0 aliphatic heterocycles. The molecule has 0 bridgehead atoms. The summed E-state index contributed by atoms with van der Waals surface area (Å²) >= 11 is 0. The highest BCUT2D eigenvalue weighted by molar-refractivity contribution is 5.78. The van der Waals surface area contributed by atoms with Crippen LogP contribution in [0.2, 0.25) is 0 Å². The predicted molar refractivity (Wildman–Crippen MR) is 128 cm³/mol. The Hall–Kier alpha value is -4.43. The van der Waals surface area contributed by atoms with Gasteiger partial charge in [0.25, 0.3) is 0 Å². The van der Waals surface area contributed by atoms with Gasteiger partial charge in [-0.3, -0.25) is 0 Å². The molecule has 11 heteroatoms. The second kappa shape index (κ2) is 9.60. The van der Waals surface area contributed by atoms with Gasteiger partial charge in [-0.05, 0) is 37.6 Å². The van der Waals surface area contributed by atoms with E-state index in [4.69, 9.17) is 15.5 Å². The molecule has 4 N–H and O–H groups in total. The number of aryl methyl sites for hydroxylation is 1. The molecule has 0 fully saturated rings. The number of fused-ring (bicyclic) bond motifs is 1. The molecule has 4 aromatic rings. The second-order valence-electron chi connectivity index (χ2n) is 7.71. The van der Waals surface area contributed by atoms with Crippen molar-refractivity contribution in [3.63, 3.8) is 0 Å². The molecular weight excluding hydrogens is 434 g/mol. The van der Waals surface area contributed by atoms with Crippen molar-refractivity contribution in [1.82, 2.24) is 24.6 Å². The number of nitriles is 1. The van der Waals surface area contributed by atoms with Crippen molar-refractivity contribution < 1.29 is 9.84 Å². The smallest absolute Gasteiger partial charge is 0.173 e. The van der Waals surface area contributed by atoms with E-state index in [-0.39, 0.29) is 17.1 Å². The molecule has 1 unspecified atom stereocenters. The van der Waals surface area contributed by atoms with E-state index in [1.165, 1.54) is 6.33 Å². The van der Waals surface area contributed by atoms with E-state index >= 15 is 0 Å². The summed E-state index contributed by atoms with van der Waals surface area (Å²) in [5.74, 6) is 1.69. The van der Waals surface area contributed by atoms with E-state index < -0.39 is 6.04 Å². The highest BCUT2D eigenvalue weighted by atomic mass is 16.5. The number of nitrogens with two attached hydrogens (primary N) is 1. The number of phenols is 1. The normalized spacial score (nSPS) is 11.8. The van der Waals surface area contributed by atoms with Crippen LogP contribution in [0.15, 0.2) is 42.9 Å². The zero-order chi connectivity index (χ0) is 24.2. The summed E-state index contributed by atoms with van der Waals surface area (Å²) in [6.45, 7) is 4.80. The summed E-state index contributed by atoms with van der Waals surface area (Å²) < 4.78 is 7.11. The fourth-order valence-corrected chi connectivity index (χ4v) is 3.63. The van der Waals surface area contributed by atoms with Gasteiger partial charge in [-0.25, -0.2) is 19.5 Å². The zero-order valence-corrected chi connectivity index (χ0v) is 19.1. The fraction of sp³-hybridized carbons (Fsp3) is 0.261. The zero-order valence-electron chi connectivity index (χ0n) is 19.1. The standard InChI is InChI=1S/C23H25N9O2/c1-14-7-8-32-19(14)23(31(9-10-34-3)16-5-4-6-17(33)11-16)29-21(30-32)15(2)28-22-18(12-24)20(25)26-13-27-22/h4-8,11,13,15,33H,9-10H2,1-3H3,(H3,25,26,27,28). The number of anilines is 4. The highest BCUT2D eigenvalue weighted by Crippen LogP contribution is 2.32. The van der Waals surface area contributed by atoms with Gasteiger partial charge in [-0.1, -0.05) is 6.07 Å². The summed E-state index contributed by atoms with van der Waals surface area (Å²) in [5, 5.41) is 27.4. The fourth-order valence-electron chi connectivity index (χ4n) is 3.63. The van der Waals surface area contributed by atoms with Crippen molar-refractivity contribution in [2.45, 2.75) is 19.9 Å². The Balaban J connectivity index is 1.82. The third kappa shape index (κ3) is 4.39. The van der Waals surface area contributed by atoms with Gasteiger partial charge >= 0.3 is 0 Å². The van der Waals surface area contributed by atoms with Crippen molar-refractivity contribution in [2.75, 3.05) is 36.2 Å². The van der Waals surface area contributed by atoms with Crippen LogP contribution in [-0.4, -0.2) is 49.9 Å². The average molecular weight is 460 g/mol. The SMILES string of the molecule is COCCN(c1cccc(O)c1)c1nc(C(C)Nc2ncnc(N)c2C#N)nn2ccc(C)c12. The van der Waals surface area contributed by atoms with Crippen molar-refractivity contribution in [2.24, 2.45) is 0 Å². The highest BCUT2D eigenvalue weighted by Gasteiger charge is 2.22. The number of hydrogen-bond donors (Lipinski definition) is 3. The summed E-state index contributed by atoms with van der Waals surface area (Å²) in [7, 11) is 1.64. The molecule has 34 heavy (non-hydrogen) atoms. The van der Waals surface area contributed by atoms with E-state index in [1.807, 2.05) is 43.1 Å². The number of aromatic nitrogens is 5. The Labute approximate surface area is 196 Å². The number of aromatic hydroxyl groups is 1. The van der Waals surface area contributed by atoms with Crippen molar-refractivity contribution >= 4 is 28.7 Å². The van der Waals surface area contributed by atoms with Gasteiger partial charge in [-0.2, -0.15) is 10.4 Å². The van der Waals surface area contributed by atoms with Crippen LogP contribution in [-0.2, 0) is 4.74 Å². The second-order valence-corrected chi connectivity index (χ2v) is 7.71. The Kier molecular flexibility index (Phi) is 6.42. The first-order valence-electron chi connectivity index (χ1n) is 10.6. The minimum Gasteiger partial charge on any atom is -0.508 e. The Bertz CT molecular complexity index is 1360. The summed E-state index contributed by atoms with van der Waals surface area (Å²) in [6.07, 6.45) is 3.16. The van der Waals surface area contributed by atoms with Crippen LogP contribution < -0.4 is 16.0 Å². The summed E-state index contributed by atoms with van der Waals surface area (Å²) in [6, 6.07) is 10.6. The number of ether oxygens (including phenoxy) is 1. The first-order chi connectivity index (χ1) is 16.4. The minimum atomic E-state index is -0.416. The number of phenolic OH excluding ortho intramolecular Hbond substituents is 1. The number of hydrogen-bond acceptors (Lipinski definition) is 10. The van der Waals surface area contributed by atoms with Gasteiger partial charge in [0.05, 0.1) is 12.6 Å². The van der Waals surface area contributed by atoms with Crippen molar-refractivity contribution in [1.29, 1.82) is 5.26 Å². The molecule has 0 saturated heterocycles. The molecule has 4 rings (SSSR count). The van der Waals surface area contributed by atoms with Gasteiger partial charge in [0.1, 0.15) is 40.9 Å². The largest absolute Gasteiger partial charge is 0.508 e. The first kappa shape index (κ1) is 22.8. The lowest BCUT2D eigenvalue weighted by Gasteiger charge is -2.26. The number of nitrogens with zero attached hydrogens (tertiary/aromatic N) is 7. The van der Waals surface area contributed by atoms with Crippen LogP contribution in [0.3, 0.4) is 0 Å². The number of nitrogen functional groups attached to an aromatic ring is 1. The van der Waals surface area contributed by atoms with E-state index in [0.717, 1.165) is 16.8 Å². The van der Waals surface area contributed by atoms with Crippen LogP contribution in [0.4, 0.5) is 23.1 Å². The van der Waals surface area contributed by atoms with E-state index in [0.29, 0.717) is 30.6 Å². The maximum absolute atomic E-state index is 10.1. The quantitative estimate of drug-likeness (QED) is 0.359. The van der Waals surface area contributed by atoms with Gasteiger partial charge in [-0.15, -0.1) is 0 Å². The number of rotatable bonds is 8. The number of benzene rings is 1. The average Bonchev–Trinajstić information content (AvgIpc) is 3.20. The van der Waals surface area contributed by atoms with Gasteiger partial charge in [0, 0.05) is 31.6 Å². The molecule has 174 valence electrons. The van der Waals surface area contributed by atoms with E-state index in [9.17, 15) is 10.4 Å². The Morgan fingerprint density at radius 2 is 2.15 bits per heavy atom. The third-order valence-electron chi connectivity index (χ3n) is 5.36. The summed E-state index contributed by atoms with van der Waals surface area (Å²) in [5.41, 5.74) is 8.58. The van der Waals surface area contributed by atoms with Gasteiger partial charge < -0.3 is 25.8 Å². The molecule has 0 spiro atoms. The molecule has 0 aliphatic carbocycles. The molecule has 11 nitrogen and oxygen atoms in total. The lowest BCUT2D eigenvalue weighted by atomic mass is 10.2. The lowest BCUT2D eigenvalue weighted by molar-refractivity contribution is 0.207. The third-order valence-corrected chi connectivity index (χ3v) is 5.36. The summed E-state index contributed by atoms with van der Waals surface area (Å²) in [4.78, 5) is 14.9. The molecule has 0 saturated carbocycles. The van der Waals surface area contributed by atoms with Gasteiger partial charge in [0.2, 0.25) is 0 Å². The van der Waals surface area contributed by atoms with Crippen LogP contribution in [0, 0.1) is 18.3 Å². The monoisotopic (exact) mass is 459 g/mol. The lowest BCUT2D eigenvalue weighted by Crippen LogP contribution is -2.25. The van der Waals surface area contributed by atoms with E-state index in [1.54, 1.807) is 29.8 Å². The van der Waals surface area contributed by atoms with Crippen LogP contribution in [0.25, 0.3) is 5.52 Å². The predicted octanol–water partition coefficient (Wildman–Crippen LogP) is 2.94. The van der Waals surface area contributed by atoms with Crippen molar-refractivity contribution in [3.05, 3.63) is 59.8 Å². The molecule has 1 aromatic carbocycles. The molecule has 3 heterocycles. The van der Waals surface area contributed by atoms with Crippen LogP contribution >= 0.6 is 0 Å². The topological polar surface area (TPSA) is 151 Å². The maximum atomic E-state index is 10.1. The molecule has 0 aliphatic rings. The Morgan fingerprint density at radius 1 is 1.32 bits per heavy atom. The first-order valence-corrected chi connectivity index (χ1v) is 10.6. The van der Waals surface area contributed by atoms with Crippen LogP contribution in [0.1, 0.15) is 29.9 Å². The molecule has 1 atom stereocenters. The molecular formula is C23H25N9O2. The molecule has 3 aromatic heterocycles. The number of methoxy groups -OCH3 is 1. The minimum absolute atomic E-state index is 0.0971. The Morgan fingerprint density at radius 3 is 2.88 bits per heavy atom. The van der Waals surface area contributed by atoms with Crippen LogP contribution in [0.5, 0.6) is 5.75 Å². The molecule has 0 radical (unpaired) electrons. The van der Waals surface area contributed by atoms with Crippen molar-refractivity contribution in [3.8, 4) is 11.8 Å². The number of nitrogens with one attached hydrogen (secondary N) is 1. The van der Waals surface area contributed by atoms with Gasteiger partial charge in [0.15, 0.2) is 11.6 Å². The van der Waals surface area contributed by atoms with E-state index in [2.05, 4.69) is 20.4 Å². The maximum Gasteiger partial charge on any atom is 0.173 e. The molecule has 0 amide bonds.